The summed E-state index contributed by atoms with van der Waals surface area (Å²) in [6.07, 6.45) is -0.389. The number of imidazole rings is 1. The second-order valence-corrected chi connectivity index (χ2v) is 11.6. The summed E-state index contributed by atoms with van der Waals surface area (Å²) in [5.41, 5.74) is 3.41. The molecule has 0 aliphatic heterocycles. The van der Waals surface area contributed by atoms with E-state index in [0.29, 0.717) is 22.1 Å². The van der Waals surface area contributed by atoms with Gasteiger partial charge in [0, 0.05) is 10.6 Å². The first-order chi connectivity index (χ1) is 18.8. The smallest absolute Gasteiger partial charge is 0.326 e. The van der Waals surface area contributed by atoms with Gasteiger partial charge in [-0.1, -0.05) is 54.6 Å². The monoisotopic (exact) mass is 561 g/mol. The van der Waals surface area contributed by atoms with Crippen molar-refractivity contribution in [1.82, 2.24) is 14.7 Å². The topological polar surface area (TPSA) is 153 Å². The minimum atomic E-state index is -3.97. The van der Waals surface area contributed by atoms with Crippen molar-refractivity contribution in [3.8, 4) is 10.4 Å². The molecule has 0 saturated carbocycles. The van der Waals surface area contributed by atoms with Crippen LogP contribution in [0.1, 0.15) is 18.0 Å². The molecule has 2 aromatic heterocycles. The van der Waals surface area contributed by atoms with Gasteiger partial charge in [-0.25, -0.2) is 22.9 Å². The van der Waals surface area contributed by atoms with Gasteiger partial charge in [0.2, 0.25) is 5.95 Å². The third-order valence-electron chi connectivity index (χ3n) is 5.77. The highest BCUT2D eigenvalue weighted by Crippen LogP contribution is 2.32. The van der Waals surface area contributed by atoms with Gasteiger partial charge in [0.15, 0.2) is 0 Å². The second-order valence-electron chi connectivity index (χ2n) is 8.56. The van der Waals surface area contributed by atoms with Gasteiger partial charge in [0.05, 0.1) is 23.5 Å². The number of nitrogens with one attached hydrogen (secondary N) is 4. The molecule has 1 unspecified atom stereocenters. The first-order valence-electron chi connectivity index (χ1n) is 11.8. The number of aromatic amines is 1. The van der Waals surface area contributed by atoms with Crippen molar-refractivity contribution >= 4 is 56.0 Å². The Bertz CT molecular complexity index is 1700. The van der Waals surface area contributed by atoms with Crippen LogP contribution in [0.5, 0.6) is 0 Å². The van der Waals surface area contributed by atoms with Gasteiger partial charge in [0.25, 0.3) is 10.0 Å². The van der Waals surface area contributed by atoms with E-state index in [-0.39, 0.29) is 10.6 Å². The third-order valence-corrected chi connectivity index (χ3v) is 8.87. The number of amides is 2. The van der Waals surface area contributed by atoms with Crippen LogP contribution in [0.2, 0.25) is 0 Å². The minimum absolute atomic E-state index is 0.0660. The first kappa shape index (κ1) is 26.1. The molecule has 0 aliphatic rings. The summed E-state index contributed by atoms with van der Waals surface area (Å²) in [4.78, 5) is 31.8. The Balaban J connectivity index is 1.25. The molecule has 0 fully saturated rings. The van der Waals surface area contributed by atoms with Crippen LogP contribution >= 0.6 is 11.3 Å². The van der Waals surface area contributed by atoms with Crippen LogP contribution in [0, 0.1) is 0 Å². The maximum Gasteiger partial charge on any atom is 0.326 e. The number of aliphatic carboxylic acids is 1. The Kier molecular flexibility index (Phi) is 7.41. The number of carbonyl (C=O) groups is 2. The molecule has 3 aromatic carbocycles. The van der Waals surface area contributed by atoms with Crippen LogP contribution in [0.3, 0.4) is 0 Å². The van der Waals surface area contributed by atoms with Crippen LogP contribution in [0.15, 0.2) is 95.2 Å². The van der Waals surface area contributed by atoms with Gasteiger partial charge in [0.1, 0.15) is 4.21 Å². The maximum absolute atomic E-state index is 13.1. The fourth-order valence-electron chi connectivity index (χ4n) is 3.95. The number of para-hydroxylation sites is 2. The van der Waals surface area contributed by atoms with Gasteiger partial charge in [-0.15, -0.1) is 11.3 Å². The van der Waals surface area contributed by atoms with Crippen LogP contribution < -0.4 is 15.4 Å². The van der Waals surface area contributed by atoms with Gasteiger partial charge in [-0.05, 0) is 47.5 Å². The number of carboxylic acid groups (broad SMARTS) is 1. The summed E-state index contributed by atoms with van der Waals surface area (Å²) in [6.45, 7) is 0. The predicted octanol–water partition coefficient (Wildman–Crippen LogP) is 5.43. The van der Waals surface area contributed by atoms with E-state index in [2.05, 4.69) is 25.3 Å². The number of thiophene rings is 1. The number of hydrogen-bond donors (Lipinski definition) is 5. The number of carboxylic acids is 1. The van der Waals surface area contributed by atoms with E-state index in [1.807, 2.05) is 24.3 Å². The van der Waals surface area contributed by atoms with Gasteiger partial charge >= 0.3 is 12.0 Å². The molecule has 10 nitrogen and oxygen atoms in total. The van der Waals surface area contributed by atoms with E-state index in [0.717, 1.165) is 27.9 Å². The van der Waals surface area contributed by atoms with Gasteiger partial charge in [-0.3, -0.25) is 10.1 Å². The Hall–Kier alpha value is -4.52. The molecule has 5 aromatic rings. The molecule has 0 bridgehead atoms. The first-order valence-corrected chi connectivity index (χ1v) is 14.1. The summed E-state index contributed by atoms with van der Waals surface area (Å²) in [5.74, 6) is -0.789. The van der Waals surface area contributed by atoms with Crippen molar-refractivity contribution < 1.29 is 23.1 Å². The fourth-order valence-corrected chi connectivity index (χ4v) is 6.51. The molecule has 12 heteroatoms. The lowest BCUT2D eigenvalue weighted by molar-refractivity contribution is -0.137. The number of aromatic nitrogens is 2. The van der Waals surface area contributed by atoms with Crippen LogP contribution in [-0.2, 0) is 14.8 Å². The van der Waals surface area contributed by atoms with Crippen molar-refractivity contribution in [1.29, 1.82) is 0 Å². The normalized spacial score (nSPS) is 12.2. The molecular weight excluding hydrogens is 538 g/mol. The highest BCUT2D eigenvalue weighted by atomic mass is 32.2. The van der Waals surface area contributed by atoms with E-state index in [1.54, 1.807) is 60.7 Å². The Morgan fingerprint density at radius 2 is 1.62 bits per heavy atom. The number of benzene rings is 3. The van der Waals surface area contributed by atoms with E-state index < -0.39 is 28.1 Å². The number of carbonyl (C=O) groups excluding carboxylic acids is 1. The predicted molar refractivity (Wildman–Crippen MR) is 150 cm³/mol. The summed E-state index contributed by atoms with van der Waals surface area (Å²) >= 11 is 1.06. The molecule has 2 amide bonds. The van der Waals surface area contributed by atoms with Gasteiger partial charge < -0.3 is 15.4 Å². The van der Waals surface area contributed by atoms with Gasteiger partial charge in [-0.2, -0.15) is 0 Å². The summed E-state index contributed by atoms with van der Waals surface area (Å²) in [7, 11) is -3.97. The molecule has 5 rings (SSSR count). The lowest BCUT2D eigenvalue weighted by Crippen LogP contribution is -2.29. The van der Waals surface area contributed by atoms with E-state index in [4.69, 9.17) is 0 Å². The Morgan fingerprint density at radius 1 is 0.897 bits per heavy atom. The van der Waals surface area contributed by atoms with Crippen molar-refractivity contribution in [3.05, 3.63) is 96.6 Å². The van der Waals surface area contributed by atoms with E-state index in [9.17, 15) is 23.1 Å². The minimum Gasteiger partial charge on any atom is -0.481 e. The highest BCUT2D eigenvalue weighted by Gasteiger charge is 2.25. The number of urea groups is 1. The quantitative estimate of drug-likeness (QED) is 0.162. The largest absolute Gasteiger partial charge is 0.481 e. The maximum atomic E-state index is 13.1. The number of hydrogen-bond acceptors (Lipinski definition) is 6. The number of sulfonamides is 1. The second kappa shape index (κ2) is 11.1. The van der Waals surface area contributed by atoms with Crippen molar-refractivity contribution in [2.45, 2.75) is 16.7 Å². The lowest BCUT2D eigenvalue weighted by Gasteiger charge is -2.16. The molecule has 0 radical (unpaired) electrons. The standard InChI is InChI=1S/C27H23N5O5S2/c33-24(34)16-22(17-6-2-1-3-7-17)32-39(36,37)25-15-14-23(38-25)18-10-12-19(13-11-18)28-27(35)31-26-29-20-8-4-5-9-21(20)30-26/h1-15,22,32H,16H2,(H,33,34)(H3,28,29,30,31,35). The zero-order valence-corrected chi connectivity index (χ0v) is 21.9. The molecule has 0 saturated heterocycles. The molecule has 1 atom stereocenters. The Morgan fingerprint density at radius 3 is 2.33 bits per heavy atom. The summed E-state index contributed by atoms with van der Waals surface area (Å²) in [5, 5.41) is 14.7. The molecular formula is C27H23N5O5S2. The molecule has 5 N–H and O–H groups in total. The fraction of sp³-hybridized carbons (Fsp3) is 0.0741. The SMILES string of the molecule is O=C(O)CC(NS(=O)(=O)c1ccc(-c2ccc(NC(=O)Nc3nc4ccccc4[nH]3)cc2)s1)c1ccccc1. The summed E-state index contributed by atoms with van der Waals surface area (Å²) < 4.78 is 28.7. The number of anilines is 2. The van der Waals surface area contributed by atoms with Crippen LogP contribution in [0.4, 0.5) is 16.4 Å². The molecule has 0 aliphatic carbocycles. The molecule has 2 heterocycles. The number of rotatable bonds is 9. The molecule has 0 spiro atoms. The number of H-pyrrole nitrogens is 1. The zero-order chi connectivity index (χ0) is 27.4. The molecule has 198 valence electrons. The summed E-state index contributed by atoms with van der Waals surface area (Å²) in [6, 6.07) is 24.8. The van der Waals surface area contributed by atoms with E-state index in [1.165, 1.54) is 6.07 Å². The zero-order valence-electron chi connectivity index (χ0n) is 20.3. The Labute approximate surface area is 227 Å². The third kappa shape index (κ3) is 6.32. The van der Waals surface area contributed by atoms with Crippen molar-refractivity contribution in [2.24, 2.45) is 0 Å². The molecule has 39 heavy (non-hydrogen) atoms. The average molecular weight is 562 g/mol. The van der Waals surface area contributed by atoms with Crippen LogP contribution in [-0.4, -0.2) is 35.5 Å². The van der Waals surface area contributed by atoms with Crippen molar-refractivity contribution in [2.75, 3.05) is 10.6 Å². The average Bonchev–Trinajstić information content (AvgIpc) is 3.57. The van der Waals surface area contributed by atoms with E-state index >= 15 is 0 Å². The lowest BCUT2D eigenvalue weighted by atomic mass is 10.1. The number of nitrogens with zero attached hydrogens (tertiary/aromatic N) is 1. The van der Waals surface area contributed by atoms with Crippen LogP contribution in [0.25, 0.3) is 21.5 Å². The highest BCUT2D eigenvalue weighted by molar-refractivity contribution is 7.91. The number of fused-ring (bicyclic) bond motifs is 1. The van der Waals surface area contributed by atoms with Crippen molar-refractivity contribution in [3.63, 3.8) is 0 Å².